The van der Waals surface area contributed by atoms with Gasteiger partial charge in [0.25, 0.3) is 0 Å². The van der Waals surface area contributed by atoms with Crippen molar-refractivity contribution in [2.24, 2.45) is 0 Å². The summed E-state index contributed by atoms with van der Waals surface area (Å²) in [5.41, 5.74) is 0.638. The van der Waals surface area contributed by atoms with Crippen LogP contribution in [0.3, 0.4) is 0 Å². The maximum absolute atomic E-state index is 10.9. The predicted octanol–water partition coefficient (Wildman–Crippen LogP) is 4.58. The van der Waals surface area contributed by atoms with Gasteiger partial charge in [-0.3, -0.25) is 0 Å². The number of carboxylic acids is 1. The minimum absolute atomic E-state index is 0.0254. The summed E-state index contributed by atoms with van der Waals surface area (Å²) in [4.78, 5) is 11.8. The Kier molecular flexibility index (Phi) is 4.22. The van der Waals surface area contributed by atoms with Crippen molar-refractivity contribution in [2.75, 3.05) is 0 Å². The van der Waals surface area contributed by atoms with Crippen LogP contribution in [0, 0.1) is 0 Å². The van der Waals surface area contributed by atoms with E-state index in [0.29, 0.717) is 21.4 Å². The topological polar surface area (TPSA) is 50.4 Å². The first kappa shape index (κ1) is 13.3. The van der Waals surface area contributed by atoms with Gasteiger partial charge < -0.3 is 9.52 Å². The number of hydrogen-bond donors (Lipinski definition) is 1. The van der Waals surface area contributed by atoms with Gasteiger partial charge in [0.05, 0.1) is 16.3 Å². The van der Waals surface area contributed by atoms with Crippen molar-refractivity contribution < 1.29 is 14.3 Å². The Hall–Kier alpha value is -1.10. The highest BCUT2D eigenvalue weighted by molar-refractivity contribution is 7.98. The van der Waals surface area contributed by atoms with E-state index in [0.717, 1.165) is 4.90 Å². The molecule has 0 aliphatic heterocycles. The summed E-state index contributed by atoms with van der Waals surface area (Å²) in [7, 11) is 0. The largest absolute Gasteiger partial charge is 0.475 e. The van der Waals surface area contributed by atoms with Crippen LogP contribution in [-0.2, 0) is 5.75 Å². The fraction of sp³-hybridized carbons (Fsp3) is 0.0833. The molecule has 6 heteroatoms. The van der Waals surface area contributed by atoms with Gasteiger partial charge in [0.1, 0.15) is 0 Å². The Morgan fingerprint density at radius 3 is 2.72 bits per heavy atom. The average Bonchev–Trinajstić information content (AvgIpc) is 2.79. The Labute approximate surface area is 118 Å². The number of halogens is 2. The van der Waals surface area contributed by atoms with Gasteiger partial charge in [-0.25, -0.2) is 4.79 Å². The normalized spacial score (nSPS) is 10.6. The van der Waals surface area contributed by atoms with Crippen LogP contribution in [0.5, 0.6) is 0 Å². The number of hydrogen-bond acceptors (Lipinski definition) is 3. The second kappa shape index (κ2) is 5.69. The second-order valence-corrected chi connectivity index (χ2v) is 5.31. The molecule has 0 amide bonds. The lowest BCUT2D eigenvalue weighted by molar-refractivity contribution is 0.0661. The number of rotatable bonds is 4. The molecule has 0 fully saturated rings. The van der Waals surface area contributed by atoms with E-state index in [9.17, 15) is 4.79 Å². The van der Waals surface area contributed by atoms with Crippen molar-refractivity contribution in [2.45, 2.75) is 10.6 Å². The molecule has 2 rings (SSSR count). The molecule has 1 aromatic carbocycles. The Morgan fingerprint density at radius 2 is 2.06 bits per heavy atom. The van der Waals surface area contributed by atoms with E-state index in [2.05, 4.69) is 0 Å². The molecule has 18 heavy (non-hydrogen) atoms. The molecule has 0 unspecified atom stereocenters. The van der Waals surface area contributed by atoms with E-state index in [4.69, 9.17) is 32.7 Å². The first-order chi connectivity index (χ1) is 8.58. The average molecular weight is 303 g/mol. The van der Waals surface area contributed by atoms with Crippen LogP contribution in [0.2, 0.25) is 10.0 Å². The molecule has 0 aliphatic rings. The summed E-state index contributed by atoms with van der Waals surface area (Å²) in [6.45, 7) is 0. The summed E-state index contributed by atoms with van der Waals surface area (Å²) in [5.74, 6) is -0.594. The van der Waals surface area contributed by atoms with Crippen LogP contribution in [0.15, 0.2) is 39.8 Å². The quantitative estimate of drug-likeness (QED) is 0.840. The molecule has 0 spiro atoms. The first-order valence-corrected chi connectivity index (χ1v) is 6.69. The maximum Gasteiger partial charge on any atom is 0.372 e. The molecule has 0 bridgehead atoms. The van der Waals surface area contributed by atoms with Gasteiger partial charge >= 0.3 is 5.97 Å². The zero-order chi connectivity index (χ0) is 13.1. The minimum Gasteiger partial charge on any atom is -0.475 e. The molecule has 2 aromatic rings. The van der Waals surface area contributed by atoms with E-state index in [1.807, 2.05) is 6.07 Å². The Balaban J connectivity index is 2.09. The van der Waals surface area contributed by atoms with Gasteiger partial charge in [-0.15, -0.1) is 11.8 Å². The van der Waals surface area contributed by atoms with Crippen molar-refractivity contribution in [3.63, 3.8) is 0 Å². The van der Waals surface area contributed by atoms with Gasteiger partial charge in [0.2, 0.25) is 5.76 Å². The molecular weight excluding hydrogens is 295 g/mol. The van der Waals surface area contributed by atoms with Crippen molar-refractivity contribution in [1.29, 1.82) is 0 Å². The van der Waals surface area contributed by atoms with Crippen LogP contribution in [0.1, 0.15) is 16.1 Å². The zero-order valence-electron chi connectivity index (χ0n) is 9.02. The van der Waals surface area contributed by atoms with Crippen molar-refractivity contribution in [3.05, 3.63) is 51.9 Å². The molecule has 1 N–H and O–H groups in total. The highest BCUT2D eigenvalue weighted by Gasteiger charge is 2.13. The van der Waals surface area contributed by atoms with E-state index in [1.165, 1.54) is 18.0 Å². The minimum atomic E-state index is -1.07. The van der Waals surface area contributed by atoms with Crippen LogP contribution in [0.4, 0.5) is 0 Å². The van der Waals surface area contributed by atoms with Gasteiger partial charge in [-0.2, -0.15) is 0 Å². The van der Waals surface area contributed by atoms with Crippen molar-refractivity contribution in [3.8, 4) is 0 Å². The lowest BCUT2D eigenvalue weighted by atomic mass is 10.3. The predicted molar refractivity (Wildman–Crippen MR) is 71.7 cm³/mol. The molecule has 0 atom stereocenters. The number of aromatic carboxylic acids is 1. The highest BCUT2D eigenvalue weighted by atomic mass is 35.5. The number of furan rings is 1. The van der Waals surface area contributed by atoms with E-state index in [-0.39, 0.29) is 5.76 Å². The summed E-state index contributed by atoms with van der Waals surface area (Å²) in [6, 6.07) is 6.93. The van der Waals surface area contributed by atoms with Gasteiger partial charge in [-0.1, -0.05) is 23.2 Å². The summed E-state index contributed by atoms with van der Waals surface area (Å²) < 4.78 is 4.90. The zero-order valence-corrected chi connectivity index (χ0v) is 11.4. The molecule has 94 valence electrons. The number of thioether (sulfide) groups is 1. The molecular formula is C12H8Cl2O3S. The molecule has 0 radical (unpaired) electrons. The SMILES string of the molecule is O=C(O)c1occc1CSc1ccc(Cl)c(Cl)c1. The fourth-order valence-electron chi connectivity index (χ4n) is 1.36. The first-order valence-electron chi connectivity index (χ1n) is 4.95. The molecule has 0 aliphatic carbocycles. The monoisotopic (exact) mass is 302 g/mol. The summed E-state index contributed by atoms with van der Waals surface area (Å²) in [5, 5.41) is 9.87. The number of carboxylic acid groups (broad SMARTS) is 1. The van der Waals surface area contributed by atoms with E-state index < -0.39 is 5.97 Å². The molecule has 0 saturated carbocycles. The maximum atomic E-state index is 10.9. The van der Waals surface area contributed by atoms with Crippen LogP contribution in [-0.4, -0.2) is 11.1 Å². The van der Waals surface area contributed by atoms with Gasteiger partial charge in [0, 0.05) is 16.2 Å². The van der Waals surface area contributed by atoms with E-state index >= 15 is 0 Å². The highest BCUT2D eigenvalue weighted by Crippen LogP contribution is 2.30. The lowest BCUT2D eigenvalue weighted by Gasteiger charge is -2.02. The number of carbonyl (C=O) groups is 1. The number of benzene rings is 1. The summed E-state index contributed by atoms with van der Waals surface area (Å²) in [6.07, 6.45) is 1.37. The third kappa shape index (κ3) is 3.02. The van der Waals surface area contributed by atoms with E-state index in [1.54, 1.807) is 18.2 Å². The van der Waals surface area contributed by atoms with Crippen LogP contribution >= 0.6 is 35.0 Å². The lowest BCUT2D eigenvalue weighted by Crippen LogP contribution is -1.97. The van der Waals surface area contributed by atoms with Crippen LogP contribution in [0.25, 0.3) is 0 Å². The Bertz CT molecular complexity index is 580. The third-order valence-corrected chi connectivity index (χ3v) is 4.01. The molecule has 3 nitrogen and oxygen atoms in total. The standard InChI is InChI=1S/C12H8Cl2O3S/c13-9-2-1-8(5-10(9)14)18-6-7-3-4-17-11(7)12(15)16/h1-5H,6H2,(H,15,16). The smallest absolute Gasteiger partial charge is 0.372 e. The second-order valence-electron chi connectivity index (χ2n) is 3.44. The fourth-order valence-corrected chi connectivity index (χ4v) is 2.64. The van der Waals surface area contributed by atoms with Gasteiger partial charge in [0.15, 0.2) is 0 Å². The molecule has 1 heterocycles. The van der Waals surface area contributed by atoms with Crippen molar-refractivity contribution >= 4 is 40.9 Å². The molecule has 1 aromatic heterocycles. The van der Waals surface area contributed by atoms with Gasteiger partial charge in [-0.05, 0) is 24.3 Å². The Morgan fingerprint density at radius 1 is 1.28 bits per heavy atom. The van der Waals surface area contributed by atoms with Crippen LogP contribution < -0.4 is 0 Å². The third-order valence-electron chi connectivity index (χ3n) is 2.23. The van der Waals surface area contributed by atoms with Crippen molar-refractivity contribution in [1.82, 2.24) is 0 Å². The molecule has 0 saturated heterocycles. The summed E-state index contributed by atoms with van der Waals surface area (Å²) >= 11 is 13.2.